The fraction of sp³-hybridized carbons (Fsp3) is 0.591. The average Bonchev–Trinajstić information content (AvgIpc) is 1.39. The molecule has 2 aromatic carbocycles. The van der Waals surface area contributed by atoms with Gasteiger partial charge in [-0.25, -0.2) is 29.7 Å². The van der Waals surface area contributed by atoms with Gasteiger partial charge in [-0.05, 0) is 115 Å². The molecule has 0 saturated heterocycles. The number of aliphatic hydroxyl groups excluding tert-OH is 15. The molecule has 10 amide bonds. The molecule has 0 aliphatic heterocycles. The van der Waals surface area contributed by atoms with E-state index in [-0.39, 0.29) is 84.7 Å². The number of aliphatic hydroxyl groups is 15. The standard InChI is InChI=1S/C88H130ClN21O33S2/c1-41(2)46(28-62-106-78(100-49-9-7-8-47(89)29-49)69-79(107-62)110(40-96-69)42(3)4)38-143-88(141)142-26-27-144-145-39-44(6)98-81(135)52(16-22-64(121)93-33-57(115)72(129)75(132)60(118)36-112)102-84(138)55(19-25-68(126)127)105-83(137)53(17-23-65(122)94-34-58(116)73(130)76(133)61(119)37-113)103-85(139)54(18-24-67(124)125)104-82(136)51(15-21-63(120)92-32-56(114)71(128)74(131)59(117)35-111)101-66(123)20-10-43(5)97-80(134)45-11-13-48(14-12-45)91-30-50-31-95-77-70(99-50)86(140)109-87(90)108-77/h7-9,11-14,29,31,40-44,46,51-61,71-76,91,111-119,128-133H,10,15-28,30,32-39H2,1-6H3,(H,92,120)(H,93,121)(H,94,122)(H,97,134)(H,98,135)(H,101,123)(H,102,138)(H,103,139)(H,104,136)(H,105,137)(H,124,125)(H,126,127)(H,100,106,107)(H3,90,95,108,109,140)/t43-,44-,46+,51+,52+,53+,54+,55+,56+,57+,58+,59-,60-,61-,71-,72-,73-,74-,75-,76-/m1/s1. The Balaban J connectivity index is 1.21. The molecule has 6 rings (SSSR count). The topological polar surface area (TPSA) is 870 Å². The molecular weight excluding hydrogens is 1980 g/mol. The Hall–Kier alpha value is -12.1. The van der Waals surface area contributed by atoms with E-state index in [2.05, 4.69) is 88.7 Å². The van der Waals surface area contributed by atoms with Crippen LogP contribution in [0.3, 0.4) is 0 Å². The third-order valence-corrected chi connectivity index (χ3v) is 25.1. The summed E-state index contributed by atoms with van der Waals surface area (Å²) < 4.78 is 12.9. The minimum Gasteiger partial charge on any atom is -0.481 e. The van der Waals surface area contributed by atoms with Crippen molar-refractivity contribution in [1.29, 1.82) is 0 Å². The Bertz CT molecular complexity index is 5320. The SMILES string of the molecule is CC(C)[C@H](COC(=O)OCCSSC[C@@H](C)NC(=O)[C@H](CCC(=O)NC[C@H](O)[C@@H](O)[C@H](O)[C@H](O)CO)NC(=O)[C@H](CCC(=O)O)NC(=O)[C@H](CCC(=O)NC[C@H](O)[C@@H](O)[C@H](O)[C@H](O)CO)NC(=O)[C@H](CCC(=O)O)NC(=O)[C@H](CCC(=O)NC[C@H](O)[C@@H](O)[C@H](O)[C@H](O)CO)NC(=O)CC[C@@H](C)NC(=O)c1ccc(NCc2cnc3nc(N)[nH]c(=O)c3n2)cc1)Cc1nc(Nc2cccc(Cl)c2)c2ncn(C(C)C)c2n1. The van der Waals surface area contributed by atoms with Crippen molar-refractivity contribution in [2.45, 2.75) is 253 Å². The van der Waals surface area contributed by atoms with Crippen LogP contribution in [0, 0.1) is 11.8 Å². The van der Waals surface area contributed by atoms with Crippen LogP contribution in [0.15, 0.2) is 65.8 Å². The van der Waals surface area contributed by atoms with Gasteiger partial charge in [-0.15, -0.1) is 0 Å². The van der Waals surface area contributed by atoms with Crippen molar-refractivity contribution in [3.8, 4) is 0 Å². The second kappa shape index (κ2) is 61.4. The first-order valence-corrected chi connectivity index (χ1v) is 49.0. The first kappa shape index (κ1) is 122. The molecule has 804 valence electrons. The number of fused-ring (bicyclic) bond motifs is 2. The lowest BCUT2D eigenvalue weighted by molar-refractivity contribution is -0.139. The molecule has 32 N–H and O–H groups in total. The third-order valence-electron chi connectivity index (χ3n) is 22.3. The number of carbonyl (C=O) groups excluding carboxylic acids is 11. The predicted molar refractivity (Wildman–Crippen MR) is 518 cm³/mol. The zero-order valence-electron chi connectivity index (χ0n) is 80.0. The van der Waals surface area contributed by atoms with E-state index >= 15 is 0 Å². The predicted octanol–water partition coefficient (Wildman–Crippen LogP) is -6.37. The number of nitrogens with two attached hydrogens (primary N) is 1. The van der Waals surface area contributed by atoms with E-state index in [1.165, 1.54) is 53.8 Å². The number of aliphatic carboxylic acids is 2. The van der Waals surface area contributed by atoms with Crippen molar-refractivity contribution in [3.05, 3.63) is 93.5 Å². The van der Waals surface area contributed by atoms with Gasteiger partial charge in [-0.1, -0.05) is 53.1 Å². The first-order chi connectivity index (χ1) is 68.6. The highest BCUT2D eigenvalue weighted by atomic mass is 35.5. The van der Waals surface area contributed by atoms with Crippen molar-refractivity contribution in [3.63, 3.8) is 0 Å². The summed E-state index contributed by atoms with van der Waals surface area (Å²) in [7, 11) is 2.37. The molecule has 0 saturated carbocycles. The molecule has 57 heteroatoms. The van der Waals surface area contributed by atoms with Gasteiger partial charge in [0.2, 0.25) is 59.1 Å². The minimum absolute atomic E-state index is 0.0101. The maximum absolute atomic E-state index is 15.0. The second-order valence-corrected chi connectivity index (χ2v) is 37.7. The fourth-order valence-corrected chi connectivity index (χ4v) is 16.0. The van der Waals surface area contributed by atoms with Crippen LogP contribution in [0.4, 0.5) is 27.9 Å². The van der Waals surface area contributed by atoms with E-state index in [1.807, 2.05) is 38.3 Å². The number of carboxylic acid groups (broad SMARTS) is 2. The summed E-state index contributed by atoms with van der Waals surface area (Å²) in [6.45, 7) is 4.94. The van der Waals surface area contributed by atoms with Crippen LogP contribution < -0.4 is 75.1 Å². The molecule has 0 radical (unpaired) electrons. The first-order valence-electron chi connectivity index (χ1n) is 46.1. The smallest absolute Gasteiger partial charge is 0.481 e. The minimum atomic E-state index is -2.22. The quantitative estimate of drug-likeness (QED) is 0.00959. The van der Waals surface area contributed by atoms with Crippen molar-refractivity contribution >= 4 is 156 Å². The number of aromatic amines is 1. The van der Waals surface area contributed by atoms with Gasteiger partial charge in [-0.2, -0.15) is 4.98 Å². The molecule has 0 aliphatic carbocycles. The number of benzene rings is 2. The summed E-state index contributed by atoms with van der Waals surface area (Å²) in [5.74, 6) is -14.0. The number of H-pyrrole nitrogens is 1. The summed E-state index contributed by atoms with van der Waals surface area (Å²) >= 11 is 6.28. The summed E-state index contributed by atoms with van der Waals surface area (Å²) in [6.07, 6.45) is -31.6. The van der Waals surface area contributed by atoms with Crippen LogP contribution in [0.25, 0.3) is 22.3 Å². The number of rotatable bonds is 66. The van der Waals surface area contributed by atoms with Crippen LogP contribution >= 0.6 is 33.2 Å². The van der Waals surface area contributed by atoms with Gasteiger partial charge in [-0.3, -0.25) is 67.3 Å². The summed E-state index contributed by atoms with van der Waals surface area (Å²) in [6, 6.07) is 1.28. The van der Waals surface area contributed by atoms with Crippen LogP contribution in [0.2, 0.25) is 5.02 Å². The van der Waals surface area contributed by atoms with E-state index < -0.39 is 308 Å². The highest BCUT2D eigenvalue weighted by Crippen LogP contribution is 2.29. The van der Waals surface area contributed by atoms with Crippen molar-refractivity contribution in [2.75, 3.05) is 80.5 Å². The van der Waals surface area contributed by atoms with Crippen LogP contribution in [-0.4, -0.2) is 383 Å². The Labute approximate surface area is 842 Å². The molecular formula is C88H130ClN21O33S2. The van der Waals surface area contributed by atoms with Gasteiger partial charge in [0.1, 0.15) is 97.6 Å². The summed E-state index contributed by atoms with van der Waals surface area (Å²) in [5.41, 5.74) is 7.72. The van der Waals surface area contributed by atoms with Gasteiger partial charge in [0, 0.05) is 122 Å². The molecule has 4 aromatic heterocycles. The molecule has 0 unspecified atom stereocenters. The van der Waals surface area contributed by atoms with Crippen molar-refractivity contribution in [2.24, 2.45) is 11.8 Å². The maximum Gasteiger partial charge on any atom is 0.508 e. The Kier molecular flexibility index (Phi) is 51.5. The zero-order valence-corrected chi connectivity index (χ0v) is 82.4. The lowest BCUT2D eigenvalue weighted by Gasteiger charge is -2.28. The Morgan fingerprint density at radius 2 is 0.959 bits per heavy atom. The van der Waals surface area contributed by atoms with Crippen LogP contribution in [-0.2, 0) is 75.2 Å². The number of anilines is 4. The highest BCUT2D eigenvalue weighted by molar-refractivity contribution is 8.76. The Morgan fingerprint density at radius 1 is 0.497 bits per heavy atom. The van der Waals surface area contributed by atoms with Crippen molar-refractivity contribution < 1.29 is 159 Å². The van der Waals surface area contributed by atoms with Gasteiger partial charge >= 0.3 is 18.1 Å². The fourth-order valence-electron chi connectivity index (χ4n) is 13.7. The number of ether oxygens (including phenoxy) is 2. The van der Waals surface area contributed by atoms with Crippen molar-refractivity contribution in [1.82, 2.24) is 92.6 Å². The molecule has 0 aliphatic rings. The summed E-state index contributed by atoms with van der Waals surface area (Å²) in [5, 5.41) is 201. The number of nitrogen functional groups attached to an aromatic ring is 1. The van der Waals surface area contributed by atoms with E-state index in [0.29, 0.717) is 44.9 Å². The van der Waals surface area contributed by atoms with E-state index in [1.54, 1.807) is 36.7 Å². The van der Waals surface area contributed by atoms with E-state index in [9.17, 15) is 154 Å². The average molecular weight is 2110 g/mol. The molecule has 0 spiro atoms. The number of carbonyl (C=O) groups is 13. The molecule has 20 atom stereocenters. The van der Waals surface area contributed by atoms with Crippen LogP contribution in [0.5, 0.6) is 0 Å². The molecule has 6 aromatic rings. The largest absolute Gasteiger partial charge is 0.508 e. The zero-order chi connectivity index (χ0) is 108. The number of amides is 10. The highest BCUT2D eigenvalue weighted by Gasteiger charge is 2.38. The molecule has 4 heterocycles. The lowest BCUT2D eigenvalue weighted by Crippen LogP contribution is -2.59. The van der Waals surface area contributed by atoms with E-state index in [4.69, 9.17) is 36.8 Å². The molecule has 0 bridgehead atoms. The second-order valence-electron chi connectivity index (χ2n) is 34.7. The lowest BCUT2D eigenvalue weighted by atomic mass is 9.93. The van der Waals surface area contributed by atoms with Gasteiger partial charge < -0.3 is 170 Å². The van der Waals surface area contributed by atoms with Gasteiger partial charge in [0.05, 0.1) is 69.5 Å². The Morgan fingerprint density at radius 3 is 1.42 bits per heavy atom. The number of imidazole rings is 1. The number of hydrogen-bond acceptors (Lipinski definition) is 42. The maximum atomic E-state index is 15.0. The number of carboxylic acids is 2. The monoisotopic (exact) mass is 2110 g/mol. The number of aromatic nitrogens is 8. The summed E-state index contributed by atoms with van der Waals surface area (Å²) in [4.78, 5) is 221. The number of hydrogen-bond donors (Lipinski definition) is 31. The number of nitrogens with zero attached hydrogens (tertiary/aromatic N) is 7. The van der Waals surface area contributed by atoms with Crippen LogP contribution in [0.1, 0.15) is 147 Å². The molecule has 54 nitrogen and oxygen atoms in total. The third kappa shape index (κ3) is 41.4. The number of nitrogens with one attached hydrogen (secondary N) is 13. The van der Waals surface area contributed by atoms with Gasteiger partial charge in [0.15, 0.2) is 28.1 Å². The van der Waals surface area contributed by atoms with E-state index in [0.717, 1.165) is 0 Å². The molecule has 0 fully saturated rings. The molecule has 145 heavy (non-hydrogen) atoms. The normalized spacial score (nSPS) is 15.7. The van der Waals surface area contributed by atoms with Gasteiger partial charge in [0.25, 0.3) is 11.5 Å². The number of halogens is 1.